The van der Waals surface area contributed by atoms with Crippen molar-refractivity contribution in [3.05, 3.63) is 68.8 Å². The number of halogens is 3. The normalized spacial score (nSPS) is 20.5. The molecule has 5 rings (SSSR count). The van der Waals surface area contributed by atoms with Gasteiger partial charge < -0.3 is 10.1 Å². The highest BCUT2D eigenvalue weighted by Crippen LogP contribution is 2.27. The number of pyridine rings is 1. The maximum absolute atomic E-state index is 14.0. The molecule has 0 atom stereocenters. The number of hydrogen-bond acceptors (Lipinski definition) is 6. The van der Waals surface area contributed by atoms with Crippen LogP contribution >= 0.6 is 0 Å². The fraction of sp³-hybridized carbons (Fsp3) is 0.462. The lowest BCUT2D eigenvalue weighted by Crippen LogP contribution is -2.45. The molecule has 202 valence electrons. The highest BCUT2D eigenvalue weighted by molar-refractivity contribution is 5.76. The average molecular weight is 532 g/mol. The second-order valence-corrected chi connectivity index (χ2v) is 9.69. The fourth-order valence-corrected chi connectivity index (χ4v) is 5.22. The summed E-state index contributed by atoms with van der Waals surface area (Å²) in [6, 6.07) is 3.28. The summed E-state index contributed by atoms with van der Waals surface area (Å²) in [5.41, 5.74) is -1.66. The molecule has 1 saturated carbocycles. The van der Waals surface area contributed by atoms with Gasteiger partial charge in [0.1, 0.15) is 5.82 Å². The van der Waals surface area contributed by atoms with Crippen LogP contribution < -0.4 is 16.6 Å². The molecule has 2 aromatic heterocycles. The minimum absolute atomic E-state index is 0.0343. The lowest BCUT2D eigenvalue weighted by atomic mass is 9.90. The van der Waals surface area contributed by atoms with E-state index in [0.717, 1.165) is 46.6 Å². The van der Waals surface area contributed by atoms with Gasteiger partial charge in [-0.3, -0.25) is 19.1 Å². The standard InChI is InChI=1S/C26H28F3N5O4/c27-16-13-20-24(30-15-16)33(19-5-6-21(28)22(29)14-19)26(37)34(25(20)36)18-3-1-17(2-4-18)31-23(35)7-8-32-9-11-38-12-10-32/h5-6,13-15,17-18H,1-4,7-12H2,(H,31,35)/t17-,18+. The molecule has 38 heavy (non-hydrogen) atoms. The van der Waals surface area contributed by atoms with Gasteiger partial charge in [0.15, 0.2) is 17.3 Å². The van der Waals surface area contributed by atoms with Crippen LogP contribution in [0.5, 0.6) is 0 Å². The van der Waals surface area contributed by atoms with E-state index in [0.29, 0.717) is 51.9 Å². The third-order valence-corrected chi connectivity index (χ3v) is 7.24. The summed E-state index contributed by atoms with van der Waals surface area (Å²) >= 11 is 0. The molecule has 0 spiro atoms. The molecule has 2 aliphatic rings. The average Bonchev–Trinajstić information content (AvgIpc) is 2.91. The molecule has 1 saturated heterocycles. The molecule has 1 aromatic carbocycles. The van der Waals surface area contributed by atoms with E-state index in [2.05, 4.69) is 15.2 Å². The summed E-state index contributed by atoms with van der Waals surface area (Å²) in [7, 11) is 0. The molecule has 9 nitrogen and oxygen atoms in total. The zero-order valence-corrected chi connectivity index (χ0v) is 20.7. The number of carbonyl (C=O) groups is 1. The Morgan fingerprint density at radius 1 is 1.03 bits per heavy atom. The first kappa shape index (κ1) is 26.1. The van der Waals surface area contributed by atoms with Crippen molar-refractivity contribution in [2.75, 3.05) is 32.8 Å². The number of ether oxygens (including phenoxy) is 1. The number of carbonyl (C=O) groups excluding carboxylic acids is 1. The van der Waals surface area contributed by atoms with E-state index in [4.69, 9.17) is 4.74 Å². The Kier molecular flexibility index (Phi) is 7.61. The van der Waals surface area contributed by atoms with Crippen molar-refractivity contribution < 1.29 is 22.7 Å². The quantitative estimate of drug-likeness (QED) is 0.524. The van der Waals surface area contributed by atoms with Crippen molar-refractivity contribution in [2.24, 2.45) is 0 Å². The number of amides is 1. The Bertz CT molecular complexity index is 1460. The second kappa shape index (κ2) is 11.1. The number of fused-ring (bicyclic) bond motifs is 1. The number of nitrogens with one attached hydrogen (secondary N) is 1. The van der Waals surface area contributed by atoms with Crippen LogP contribution in [0, 0.1) is 17.5 Å². The fourth-order valence-electron chi connectivity index (χ4n) is 5.22. The van der Waals surface area contributed by atoms with E-state index < -0.39 is 34.7 Å². The Hall–Kier alpha value is -3.51. The number of rotatable bonds is 6. The maximum Gasteiger partial charge on any atom is 0.337 e. The van der Waals surface area contributed by atoms with Crippen LogP contribution in [0.2, 0.25) is 0 Å². The summed E-state index contributed by atoms with van der Waals surface area (Å²) in [5, 5.41) is 2.90. The largest absolute Gasteiger partial charge is 0.379 e. The highest BCUT2D eigenvalue weighted by Gasteiger charge is 2.28. The van der Waals surface area contributed by atoms with Crippen LogP contribution in [0.1, 0.15) is 38.1 Å². The SMILES string of the molecule is O=C(CCN1CCOCC1)N[C@H]1CC[C@@H](n2c(=O)c3cc(F)cnc3n(-c3ccc(F)c(F)c3)c2=O)CC1. The first-order chi connectivity index (χ1) is 18.3. The van der Waals surface area contributed by atoms with E-state index >= 15 is 0 Å². The minimum atomic E-state index is -1.17. The molecule has 0 unspecified atom stereocenters. The topological polar surface area (TPSA) is 98.5 Å². The van der Waals surface area contributed by atoms with Gasteiger partial charge in [-0.1, -0.05) is 0 Å². The predicted molar refractivity (Wildman–Crippen MR) is 133 cm³/mol. The number of hydrogen-bond donors (Lipinski definition) is 1. The third kappa shape index (κ3) is 5.37. The van der Waals surface area contributed by atoms with E-state index in [-0.39, 0.29) is 28.7 Å². The van der Waals surface area contributed by atoms with Crippen molar-refractivity contribution in [1.82, 2.24) is 24.3 Å². The highest BCUT2D eigenvalue weighted by atomic mass is 19.2. The van der Waals surface area contributed by atoms with Gasteiger partial charge in [-0.25, -0.2) is 27.5 Å². The van der Waals surface area contributed by atoms with Gasteiger partial charge in [0.25, 0.3) is 5.56 Å². The zero-order chi connectivity index (χ0) is 26.8. The smallest absolute Gasteiger partial charge is 0.337 e. The summed E-state index contributed by atoms with van der Waals surface area (Å²) in [4.78, 5) is 45.5. The first-order valence-corrected chi connectivity index (χ1v) is 12.7. The van der Waals surface area contributed by atoms with Gasteiger partial charge >= 0.3 is 5.69 Å². The second-order valence-electron chi connectivity index (χ2n) is 9.69. The van der Waals surface area contributed by atoms with Crippen LogP contribution in [0.3, 0.4) is 0 Å². The van der Waals surface area contributed by atoms with Crippen LogP contribution in [0.4, 0.5) is 13.2 Å². The molecule has 12 heteroatoms. The summed E-state index contributed by atoms with van der Waals surface area (Å²) in [6.07, 6.45) is 3.18. The molecule has 1 aliphatic heterocycles. The van der Waals surface area contributed by atoms with E-state index in [1.807, 2.05) is 0 Å². The zero-order valence-electron chi connectivity index (χ0n) is 20.7. The van der Waals surface area contributed by atoms with E-state index in [1.165, 1.54) is 6.07 Å². The van der Waals surface area contributed by atoms with Crippen LogP contribution in [0.15, 0.2) is 40.1 Å². The van der Waals surface area contributed by atoms with Crippen molar-refractivity contribution >= 4 is 16.9 Å². The van der Waals surface area contributed by atoms with Crippen LogP contribution in [-0.4, -0.2) is 63.8 Å². The van der Waals surface area contributed by atoms with Gasteiger partial charge in [-0.2, -0.15) is 0 Å². The van der Waals surface area contributed by atoms with Gasteiger partial charge in [0, 0.05) is 44.2 Å². The van der Waals surface area contributed by atoms with Gasteiger partial charge in [-0.05, 0) is 43.9 Å². The molecule has 3 aromatic rings. The molecule has 2 fully saturated rings. The molecule has 0 radical (unpaired) electrons. The van der Waals surface area contributed by atoms with Gasteiger partial charge in [0.05, 0.1) is 30.5 Å². The lowest BCUT2D eigenvalue weighted by molar-refractivity contribution is -0.122. The number of aromatic nitrogens is 3. The van der Waals surface area contributed by atoms with Crippen LogP contribution in [0.25, 0.3) is 16.7 Å². The molecule has 3 heterocycles. The summed E-state index contributed by atoms with van der Waals surface area (Å²) < 4.78 is 49.0. The van der Waals surface area contributed by atoms with Crippen LogP contribution in [-0.2, 0) is 9.53 Å². The summed E-state index contributed by atoms with van der Waals surface area (Å²) in [5.74, 6) is -3.08. The Morgan fingerprint density at radius 2 is 1.76 bits per heavy atom. The number of morpholine rings is 1. The van der Waals surface area contributed by atoms with E-state index in [1.54, 1.807) is 0 Å². The first-order valence-electron chi connectivity index (χ1n) is 12.7. The third-order valence-electron chi connectivity index (χ3n) is 7.24. The van der Waals surface area contributed by atoms with Crippen molar-refractivity contribution in [1.29, 1.82) is 0 Å². The number of benzene rings is 1. The molecule has 1 amide bonds. The van der Waals surface area contributed by atoms with Crippen molar-refractivity contribution in [3.63, 3.8) is 0 Å². The molecular weight excluding hydrogens is 503 g/mol. The predicted octanol–water partition coefficient (Wildman–Crippen LogP) is 2.29. The molecule has 1 N–H and O–H groups in total. The number of nitrogens with zero attached hydrogens (tertiary/aromatic N) is 4. The van der Waals surface area contributed by atoms with Crippen molar-refractivity contribution in [2.45, 2.75) is 44.2 Å². The monoisotopic (exact) mass is 531 g/mol. The van der Waals surface area contributed by atoms with Gasteiger partial charge in [0.2, 0.25) is 5.91 Å². The molecule has 1 aliphatic carbocycles. The Balaban J connectivity index is 1.36. The lowest BCUT2D eigenvalue weighted by Gasteiger charge is -2.31. The maximum atomic E-state index is 14.0. The van der Waals surface area contributed by atoms with Gasteiger partial charge in [-0.15, -0.1) is 0 Å². The van der Waals surface area contributed by atoms with E-state index in [9.17, 15) is 27.6 Å². The molecular formula is C26H28F3N5O4. The molecule has 0 bridgehead atoms. The van der Waals surface area contributed by atoms with Crippen molar-refractivity contribution in [3.8, 4) is 5.69 Å². The Morgan fingerprint density at radius 3 is 2.47 bits per heavy atom. The Labute approximate surface area is 215 Å². The summed E-state index contributed by atoms with van der Waals surface area (Å²) in [6.45, 7) is 3.60. The minimum Gasteiger partial charge on any atom is -0.379 e.